The predicted molar refractivity (Wildman–Crippen MR) is 35.8 cm³/mol. The zero-order valence-corrected chi connectivity index (χ0v) is 6.50. The Hall–Kier alpha value is 0.700. The van der Waals surface area contributed by atoms with Crippen molar-refractivity contribution in [2.75, 3.05) is 20.9 Å². The molecule has 44 valence electrons. The van der Waals surface area contributed by atoms with Gasteiger partial charge in [-0.3, -0.25) is 0 Å². The fourth-order valence-corrected chi connectivity index (χ4v) is 0.224. The predicted octanol–water partition coefficient (Wildman–Crippen LogP) is 1.60. The largest absolute Gasteiger partial charge is 0.326 e. The third-order valence-corrected chi connectivity index (χ3v) is 3.01. The molecule has 2 nitrogen and oxygen atoms in total. The van der Waals surface area contributed by atoms with Crippen molar-refractivity contribution in [3.8, 4) is 0 Å². The van der Waals surface area contributed by atoms with Crippen LogP contribution in [0, 0.1) is 0 Å². The normalized spacial score (nSPS) is 12.0. The Morgan fingerprint density at radius 3 is 1.57 bits per heavy atom. The van der Waals surface area contributed by atoms with Crippen LogP contribution in [0.15, 0.2) is 0 Å². The SMILES string of the molecule is CO[P+](C)(S)OC. The minimum Gasteiger partial charge on any atom is -0.198 e. The first-order valence-corrected chi connectivity index (χ1v) is 5.05. The van der Waals surface area contributed by atoms with Gasteiger partial charge in [0.05, 0.1) is 26.5 Å². The van der Waals surface area contributed by atoms with Gasteiger partial charge in [-0.1, -0.05) is 0 Å². The molecule has 0 saturated heterocycles. The van der Waals surface area contributed by atoms with Crippen LogP contribution < -0.4 is 0 Å². The van der Waals surface area contributed by atoms with Gasteiger partial charge in [-0.15, -0.1) is 0 Å². The number of rotatable bonds is 2. The Balaban J connectivity index is 3.36. The van der Waals surface area contributed by atoms with E-state index in [1.165, 1.54) is 0 Å². The monoisotopic (exact) mass is 141 g/mol. The van der Waals surface area contributed by atoms with Gasteiger partial charge in [0.1, 0.15) is 6.66 Å². The van der Waals surface area contributed by atoms with E-state index in [9.17, 15) is 0 Å². The van der Waals surface area contributed by atoms with Gasteiger partial charge in [-0.25, -0.2) is 0 Å². The van der Waals surface area contributed by atoms with Crippen molar-refractivity contribution in [1.82, 2.24) is 0 Å². The molecule has 0 bridgehead atoms. The summed E-state index contributed by atoms with van der Waals surface area (Å²) in [5, 5.41) is 0. The van der Waals surface area contributed by atoms with Gasteiger partial charge in [-0.05, 0) is 0 Å². The number of thiol groups is 1. The minimum atomic E-state index is -1.71. The molecule has 0 radical (unpaired) electrons. The summed E-state index contributed by atoms with van der Waals surface area (Å²) in [6, 6.07) is 0. The average Bonchev–Trinajstić information content (AvgIpc) is 1.68. The Morgan fingerprint density at radius 1 is 1.29 bits per heavy atom. The molecule has 0 aliphatic heterocycles. The van der Waals surface area contributed by atoms with E-state index in [0.717, 1.165) is 0 Å². The van der Waals surface area contributed by atoms with Crippen molar-refractivity contribution in [3.05, 3.63) is 0 Å². The van der Waals surface area contributed by atoms with Gasteiger partial charge in [0.2, 0.25) is 0 Å². The second kappa shape index (κ2) is 2.88. The molecule has 0 heterocycles. The Kier molecular flexibility index (Phi) is 3.16. The van der Waals surface area contributed by atoms with Crippen molar-refractivity contribution < 1.29 is 9.05 Å². The summed E-state index contributed by atoms with van der Waals surface area (Å²) in [5.41, 5.74) is 0. The third kappa shape index (κ3) is 3.30. The van der Waals surface area contributed by atoms with Gasteiger partial charge >= 0.3 is 6.92 Å². The molecule has 0 aromatic heterocycles. The summed E-state index contributed by atoms with van der Waals surface area (Å²) in [7, 11) is 3.18. The molecule has 0 rings (SSSR count). The van der Waals surface area contributed by atoms with Gasteiger partial charge in [0, 0.05) is 0 Å². The fourth-order valence-electron chi connectivity index (χ4n) is 0.0745. The van der Waals surface area contributed by atoms with Gasteiger partial charge in [0.15, 0.2) is 0 Å². The summed E-state index contributed by atoms with van der Waals surface area (Å²) >= 11 is 4.05. The van der Waals surface area contributed by atoms with Crippen LogP contribution in [0.25, 0.3) is 0 Å². The second-order valence-electron chi connectivity index (χ2n) is 1.17. The highest BCUT2D eigenvalue weighted by atomic mass is 32.7. The minimum absolute atomic E-state index is 1.59. The second-order valence-corrected chi connectivity index (χ2v) is 5.68. The van der Waals surface area contributed by atoms with E-state index in [1.807, 2.05) is 6.66 Å². The summed E-state index contributed by atoms with van der Waals surface area (Å²) in [5.74, 6) is 0. The van der Waals surface area contributed by atoms with Crippen LogP contribution >= 0.6 is 19.2 Å². The van der Waals surface area contributed by atoms with Crippen LogP contribution in [0.4, 0.5) is 0 Å². The summed E-state index contributed by atoms with van der Waals surface area (Å²) < 4.78 is 9.68. The van der Waals surface area contributed by atoms with E-state index < -0.39 is 6.92 Å². The van der Waals surface area contributed by atoms with Crippen molar-refractivity contribution in [3.63, 3.8) is 0 Å². The molecule has 0 unspecified atom stereocenters. The molecule has 0 spiro atoms. The Morgan fingerprint density at radius 2 is 1.57 bits per heavy atom. The third-order valence-electron chi connectivity index (χ3n) is 0.678. The number of hydrogen-bond donors (Lipinski definition) is 1. The molecule has 0 aliphatic carbocycles. The lowest BCUT2D eigenvalue weighted by Crippen LogP contribution is -1.85. The first-order valence-electron chi connectivity index (χ1n) is 1.83. The molecule has 0 amide bonds. The zero-order chi connectivity index (χ0) is 5.91. The maximum Gasteiger partial charge on any atom is 0.326 e. The lowest BCUT2D eigenvalue weighted by Gasteiger charge is -2.05. The van der Waals surface area contributed by atoms with Gasteiger partial charge < -0.3 is 0 Å². The molecular weight excluding hydrogens is 131 g/mol. The van der Waals surface area contributed by atoms with Crippen molar-refractivity contribution in [2.24, 2.45) is 0 Å². The van der Waals surface area contributed by atoms with Crippen molar-refractivity contribution in [2.45, 2.75) is 0 Å². The van der Waals surface area contributed by atoms with Crippen LogP contribution in [-0.4, -0.2) is 20.9 Å². The zero-order valence-electron chi connectivity index (χ0n) is 4.71. The van der Waals surface area contributed by atoms with E-state index in [4.69, 9.17) is 9.05 Å². The standard InChI is InChI=1S/C3H10O2PS/c1-4-6(3,7)5-2/h7H,1-3H3/q+1. The fraction of sp³-hybridized carbons (Fsp3) is 1.00. The molecule has 0 aromatic carbocycles. The van der Waals surface area contributed by atoms with Crippen LogP contribution in [0.5, 0.6) is 0 Å². The van der Waals surface area contributed by atoms with Crippen LogP contribution in [-0.2, 0) is 9.05 Å². The summed E-state index contributed by atoms with van der Waals surface area (Å²) in [6.45, 7) is 0.120. The highest BCUT2D eigenvalue weighted by Crippen LogP contribution is 2.60. The molecular formula is C3H10O2PS+. The topological polar surface area (TPSA) is 18.5 Å². The van der Waals surface area contributed by atoms with Gasteiger partial charge in [0.25, 0.3) is 0 Å². The maximum absolute atomic E-state index is 4.84. The highest BCUT2D eigenvalue weighted by molar-refractivity contribution is 8.49. The average molecular weight is 141 g/mol. The summed E-state index contributed by atoms with van der Waals surface area (Å²) in [6.07, 6.45) is 0. The Bertz CT molecular complexity index is 50.9. The molecule has 0 fully saturated rings. The van der Waals surface area contributed by atoms with Gasteiger partial charge in [-0.2, -0.15) is 9.05 Å². The smallest absolute Gasteiger partial charge is 0.198 e. The molecule has 0 aliphatic rings. The molecule has 0 atom stereocenters. The number of hydrogen-bond acceptors (Lipinski definition) is 3. The quantitative estimate of drug-likeness (QED) is 0.465. The molecule has 0 aromatic rings. The van der Waals surface area contributed by atoms with Crippen LogP contribution in [0.2, 0.25) is 0 Å². The van der Waals surface area contributed by atoms with E-state index in [-0.39, 0.29) is 0 Å². The first-order chi connectivity index (χ1) is 3.12. The first kappa shape index (κ1) is 7.70. The molecule has 7 heavy (non-hydrogen) atoms. The Labute approximate surface area is 49.9 Å². The van der Waals surface area contributed by atoms with E-state index in [0.29, 0.717) is 0 Å². The lowest BCUT2D eigenvalue weighted by atomic mass is 11.8. The highest BCUT2D eigenvalue weighted by Gasteiger charge is 2.26. The van der Waals surface area contributed by atoms with E-state index >= 15 is 0 Å². The maximum atomic E-state index is 4.84. The molecule has 0 saturated carbocycles. The van der Waals surface area contributed by atoms with Crippen molar-refractivity contribution in [1.29, 1.82) is 0 Å². The van der Waals surface area contributed by atoms with Crippen LogP contribution in [0.3, 0.4) is 0 Å². The summed E-state index contributed by atoms with van der Waals surface area (Å²) in [4.78, 5) is 0. The molecule has 4 heteroatoms. The van der Waals surface area contributed by atoms with E-state index in [2.05, 4.69) is 12.2 Å². The van der Waals surface area contributed by atoms with Crippen molar-refractivity contribution >= 4 is 19.2 Å². The molecule has 0 N–H and O–H groups in total. The van der Waals surface area contributed by atoms with Crippen LogP contribution in [0.1, 0.15) is 0 Å². The van der Waals surface area contributed by atoms with E-state index in [1.54, 1.807) is 14.2 Å². The lowest BCUT2D eigenvalue weighted by molar-refractivity contribution is 0.340.